The molecule has 1 rings (SSSR count). The van der Waals surface area contributed by atoms with Crippen LogP contribution >= 0.6 is 0 Å². The lowest BCUT2D eigenvalue weighted by Gasteiger charge is -2.36. The van der Waals surface area contributed by atoms with Crippen molar-refractivity contribution in [3.05, 3.63) is 0 Å². The van der Waals surface area contributed by atoms with E-state index in [4.69, 9.17) is 5.26 Å². The summed E-state index contributed by atoms with van der Waals surface area (Å²) >= 11 is 0. The summed E-state index contributed by atoms with van der Waals surface area (Å²) in [5.41, 5.74) is -0.369. The molecule has 0 aromatic rings. The summed E-state index contributed by atoms with van der Waals surface area (Å²) in [5.74, 6) is -0.248. The third kappa shape index (κ3) is 4.01. The SMILES string of the molecule is CC1CCN(CCC(C)(C)C#N)C(C(=O)O)C1. The largest absolute Gasteiger partial charge is 0.480 e. The molecule has 0 saturated carbocycles. The molecule has 1 aliphatic rings. The number of hydrogen-bond acceptors (Lipinski definition) is 3. The van der Waals surface area contributed by atoms with Crippen LogP contribution in [0.2, 0.25) is 0 Å². The van der Waals surface area contributed by atoms with Crippen LogP contribution in [0.5, 0.6) is 0 Å². The van der Waals surface area contributed by atoms with E-state index in [9.17, 15) is 9.90 Å². The molecule has 0 spiro atoms. The fraction of sp³-hybridized carbons (Fsp3) is 0.846. The van der Waals surface area contributed by atoms with E-state index in [1.54, 1.807) is 0 Å². The number of carboxylic acid groups (broad SMARTS) is 1. The Morgan fingerprint density at radius 2 is 2.24 bits per heavy atom. The number of nitriles is 1. The summed E-state index contributed by atoms with van der Waals surface area (Å²) in [5, 5.41) is 18.2. The number of carbonyl (C=O) groups is 1. The summed E-state index contributed by atoms with van der Waals surface area (Å²) in [6.45, 7) is 7.43. The van der Waals surface area contributed by atoms with Gasteiger partial charge in [-0.25, -0.2) is 0 Å². The van der Waals surface area contributed by atoms with Gasteiger partial charge >= 0.3 is 5.97 Å². The first kappa shape index (κ1) is 14.0. The molecule has 0 bridgehead atoms. The predicted molar refractivity (Wildman–Crippen MR) is 65.4 cm³/mol. The van der Waals surface area contributed by atoms with Crippen molar-refractivity contribution in [3.8, 4) is 6.07 Å². The maximum atomic E-state index is 11.2. The van der Waals surface area contributed by atoms with Crippen molar-refractivity contribution in [3.63, 3.8) is 0 Å². The maximum absolute atomic E-state index is 11.2. The Morgan fingerprint density at radius 1 is 1.59 bits per heavy atom. The Labute approximate surface area is 103 Å². The third-order valence-electron chi connectivity index (χ3n) is 3.59. The monoisotopic (exact) mass is 238 g/mol. The molecule has 0 radical (unpaired) electrons. The van der Waals surface area contributed by atoms with Gasteiger partial charge in [-0.3, -0.25) is 9.69 Å². The second-order valence-corrected chi connectivity index (χ2v) is 5.77. The molecule has 0 aromatic carbocycles. The highest BCUT2D eigenvalue weighted by molar-refractivity contribution is 5.73. The van der Waals surface area contributed by atoms with Crippen LogP contribution in [0.25, 0.3) is 0 Å². The minimum atomic E-state index is -0.730. The first-order valence-corrected chi connectivity index (χ1v) is 6.24. The zero-order chi connectivity index (χ0) is 13.1. The summed E-state index contributed by atoms with van der Waals surface area (Å²) in [6, 6.07) is 1.89. The Bertz CT molecular complexity index is 320. The average molecular weight is 238 g/mol. The zero-order valence-electron chi connectivity index (χ0n) is 10.9. The first-order chi connectivity index (χ1) is 7.85. The Hall–Kier alpha value is -1.08. The number of carboxylic acids is 1. The molecule has 1 aliphatic heterocycles. The normalized spacial score (nSPS) is 26.5. The fourth-order valence-corrected chi connectivity index (χ4v) is 2.19. The molecule has 17 heavy (non-hydrogen) atoms. The van der Waals surface area contributed by atoms with Gasteiger partial charge in [-0.2, -0.15) is 5.26 Å². The molecule has 1 fully saturated rings. The van der Waals surface area contributed by atoms with Crippen LogP contribution in [0.3, 0.4) is 0 Å². The molecule has 96 valence electrons. The lowest BCUT2D eigenvalue weighted by molar-refractivity contribution is -0.145. The topological polar surface area (TPSA) is 64.3 Å². The molecule has 4 nitrogen and oxygen atoms in total. The Kier molecular flexibility index (Phi) is 4.53. The molecule has 2 atom stereocenters. The van der Waals surface area contributed by atoms with Crippen LogP contribution in [0.1, 0.15) is 40.0 Å². The van der Waals surface area contributed by atoms with Gasteiger partial charge in [0.2, 0.25) is 0 Å². The molecule has 2 unspecified atom stereocenters. The smallest absolute Gasteiger partial charge is 0.320 e. The summed E-state index contributed by atoms with van der Waals surface area (Å²) in [6.07, 6.45) is 2.50. The molecule has 0 aliphatic carbocycles. The van der Waals surface area contributed by atoms with Crippen molar-refractivity contribution in [2.45, 2.75) is 46.1 Å². The van der Waals surface area contributed by atoms with Gasteiger partial charge < -0.3 is 5.11 Å². The van der Waals surface area contributed by atoms with Crippen LogP contribution in [0.4, 0.5) is 0 Å². The van der Waals surface area contributed by atoms with E-state index in [1.807, 2.05) is 18.7 Å². The third-order valence-corrected chi connectivity index (χ3v) is 3.59. The van der Waals surface area contributed by atoms with Gasteiger partial charge in [0.05, 0.1) is 11.5 Å². The average Bonchev–Trinajstić information content (AvgIpc) is 2.27. The van der Waals surface area contributed by atoms with E-state index in [0.29, 0.717) is 12.5 Å². The van der Waals surface area contributed by atoms with Crippen molar-refractivity contribution in [1.29, 1.82) is 5.26 Å². The standard InChI is InChI=1S/C13H22N2O2/c1-10-4-6-15(11(8-10)12(16)17)7-5-13(2,3)9-14/h10-11H,4-8H2,1-3H3,(H,16,17). The maximum Gasteiger partial charge on any atom is 0.320 e. The number of hydrogen-bond donors (Lipinski definition) is 1. The van der Waals surface area contributed by atoms with Gasteiger partial charge in [-0.05, 0) is 45.6 Å². The van der Waals surface area contributed by atoms with Gasteiger partial charge in [0.1, 0.15) is 6.04 Å². The number of aliphatic carboxylic acids is 1. The van der Waals surface area contributed by atoms with Crippen molar-refractivity contribution >= 4 is 5.97 Å². The molecular weight excluding hydrogens is 216 g/mol. The van der Waals surface area contributed by atoms with Gasteiger partial charge in [0, 0.05) is 6.54 Å². The fourth-order valence-electron chi connectivity index (χ4n) is 2.19. The summed E-state index contributed by atoms with van der Waals surface area (Å²) < 4.78 is 0. The van der Waals surface area contributed by atoms with E-state index in [0.717, 1.165) is 25.8 Å². The van der Waals surface area contributed by atoms with Crippen LogP contribution < -0.4 is 0 Å². The Balaban J connectivity index is 2.57. The lowest BCUT2D eigenvalue weighted by Crippen LogP contribution is -2.47. The molecule has 1 saturated heterocycles. The number of likely N-dealkylation sites (tertiary alicyclic amines) is 1. The highest BCUT2D eigenvalue weighted by atomic mass is 16.4. The highest BCUT2D eigenvalue weighted by Crippen LogP contribution is 2.25. The first-order valence-electron chi connectivity index (χ1n) is 6.24. The summed E-state index contributed by atoms with van der Waals surface area (Å²) in [4.78, 5) is 13.2. The van der Waals surface area contributed by atoms with E-state index in [-0.39, 0.29) is 11.5 Å². The molecule has 0 aromatic heterocycles. The second-order valence-electron chi connectivity index (χ2n) is 5.77. The van der Waals surface area contributed by atoms with E-state index >= 15 is 0 Å². The van der Waals surface area contributed by atoms with Crippen molar-refractivity contribution in [1.82, 2.24) is 4.90 Å². The van der Waals surface area contributed by atoms with Crippen LogP contribution in [0, 0.1) is 22.7 Å². The molecular formula is C13H22N2O2. The van der Waals surface area contributed by atoms with Gasteiger partial charge in [0.15, 0.2) is 0 Å². The van der Waals surface area contributed by atoms with Gasteiger partial charge in [0.25, 0.3) is 0 Å². The number of nitrogens with zero attached hydrogens (tertiary/aromatic N) is 2. The van der Waals surface area contributed by atoms with Crippen LogP contribution in [-0.2, 0) is 4.79 Å². The summed E-state index contributed by atoms with van der Waals surface area (Å²) in [7, 11) is 0. The van der Waals surface area contributed by atoms with E-state index < -0.39 is 5.97 Å². The predicted octanol–water partition coefficient (Wildman–Crippen LogP) is 2.11. The molecule has 4 heteroatoms. The van der Waals surface area contributed by atoms with Crippen molar-refractivity contribution < 1.29 is 9.90 Å². The van der Waals surface area contributed by atoms with Crippen LogP contribution in [-0.4, -0.2) is 35.1 Å². The highest BCUT2D eigenvalue weighted by Gasteiger charge is 2.32. The molecule has 0 amide bonds. The lowest BCUT2D eigenvalue weighted by atomic mass is 9.88. The van der Waals surface area contributed by atoms with E-state index in [2.05, 4.69) is 13.0 Å². The zero-order valence-corrected chi connectivity index (χ0v) is 10.9. The quantitative estimate of drug-likeness (QED) is 0.814. The van der Waals surface area contributed by atoms with Crippen molar-refractivity contribution in [2.75, 3.05) is 13.1 Å². The van der Waals surface area contributed by atoms with Crippen LogP contribution in [0.15, 0.2) is 0 Å². The van der Waals surface area contributed by atoms with Gasteiger partial charge in [-0.1, -0.05) is 6.92 Å². The minimum Gasteiger partial charge on any atom is -0.480 e. The van der Waals surface area contributed by atoms with Crippen molar-refractivity contribution in [2.24, 2.45) is 11.3 Å². The van der Waals surface area contributed by atoms with E-state index in [1.165, 1.54) is 0 Å². The van der Waals surface area contributed by atoms with Gasteiger partial charge in [-0.15, -0.1) is 0 Å². The number of piperidine rings is 1. The second kappa shape index (κ2) is 5.50. The molecule has 1 N–H and O–H groups in total. The molecule has 1 heterocycles. The Morgan fingerprint density at radius 3 is 2.76 bits per heavy atom. The minimum absolute atomic E-state index is 0.367. The number of rotatable bonds is 4.